The number of rotatable bonds is 8. The number of carbonyl (C=O) groups excluding carboxylic acids is 3. The van der Waals surface area contributed by atoms with E-state index in [1.54, 1.807) is 70.2 Å². The Morgan fingerprint density at radius 2 is 1.61 bits per heavy atom. The van der Waals surface area contributed by atoms with Crippen LogP contribution in [-0.4, -0.2) is 45.5 Å². The summed E-state index contributed by atoms with van der Waals surface area (Å²) in [7, 11) is 0. The molecule has 0 saturated carbocycles. The van der Waals surface area contributed by atoms with Crippen LogP contribution in [0.5, 0.6) is 11.5 Å². The summed E-state index contributed by atoms with van der Waals surface area (Å²) in [5.74, 6) is -0.564. The smallest absolute Gasteiger partial charge is 0.266 e. The van der Waals surface area contributed by atoms with E-state index in [9.17, 15) is 24.6 Å². The summed E-state index contributed by atoms with van der Waals surface area (Å²) in [6.45, 7) is 2.17. The second kappa shape index (κ2) is 14.2. The molecular formula is C44H38ClN3O6. The van der Waals surface area contributed by atoms with Gasteiger partial charge in [0.25, 0.3) is 11.8 Å². The van der Waals surface area contributed by atoms with Gasteiger partial charge in [-0.1, -0.05) is 91.3 Å². The van der Waals surface area contributed by atoms with Crippen molar-refractivity contribution in [3.05, 3.63) is 160 Å². The molecule has 3 aliphatic heterocycles. The van der Waals surface area contributed by atoms with Crippen LogP contribution in [-0.2, 0) is 34.7 Å². The highest BCUT2D eigenvalue weighted by Gasteiger charge is 2.52. The Morgan fingerprint density at radius 1 is 0.907 bits per heavy atom. The van der Waals surface area contributed by atoms with E-state index in [2.05, 4.69) is 0 Å². The molecule has 0 fully saturated rings. The van der Waals surface area contributed by atoms with Crippen molar-refractivity contribution in [2.45, 2.75) is 44.5 Å². The zero-order valence-corrected chi connectivity index (χ0v) is 30.3. The summed E-state index contributed by atoms with van der Waals surface area (Å²) in [4.78, 5) is 46.4. The summed E-state index contributed by atoms with van der Waals surface area (Å²) < 4.78 is 6.14. The highest BCUT2D eigenvalue weighted by atomic mass is 35.5. The lowest BCUT2D eigenvalue weighted by Gasteiger charge is -2.36. The standard InChI is InChI=1S/C44H38ClN3O6/c1-28(9-8-16-41(50)46-26-31-11-3-2-10-30(31)23-34(46)27-49)44(53)36-24-32(45)19-22-37(36)47(43(44)52)25-29-17-20-33(21-18-29)48-38-13-5-7-15-40(38)54-39-14-6-4-12-35(39)42(48)51/h2-15,17-22,24,28,34,49,53H,16,23,25-27H2,1H3/b9-8+/t28-,34-,44+/m0/s1. The molecular weight excluding hydrogens is 702 g/mol. The molecule has 5 aromatic carbocycles. The van der Waals surface area contributed by atoms with E-state index < -0.39 is 17.4 Å². The van der Waals surface area contributed by atoms with Gasteiger partial charge in [0.1, 0.15) is 5.75 Å². The van der Waals surface area contributed by atoms with Crippen molar-refractivity contribution < 1.29 is 29.3 Å². The maximum atomic E-state index is 14.3. The number of para-hydroxylation sites is 3. The normalized spacial score (nSPS) is 19.5. The molecule has 8 rings (SSSR count). The van der Waals surface area contributed by atoms with Gasteiger partial charge in [-0.25, -0.2) is 0 Å². The van der Waals surface area contributed by atoms with Crippen LogP contribution in [0.25, 0.3) is 0 Å². The fourth-order valence-corrected chi connectivity index (χ4v) is 7.92. The van der Waals surface area contributed by atoms with Crippen LogP contribution < -0.4 is 14.5 Å². The Bertz CT molecular complexity index is 2310. The van der Waals surface area contributed by atoms with Crippen LogP contribution in [0, 0.1) is 5.92 Å². The number of carbonyl (C=O) groups is 3. The number of nitrogens with zero attached hydrogens (tertiary/aromatic N) is 3. The zero-order chi connectivity index (χ0) is 37.6. The SMILES string of the molecule is C[C@@H](/C=C/CC(=O)N1Cc2ccccc2C[C@H]1CO)[C@]1(O)C(=O)N(Cc2ccc(N3C(=O)c4ccccc4Oc4ccccc43)cc2)c2ccc(Cl)cc21. The first kappa shape index (κ1) is 35.3. The Kier molecular flexibility index (Phi) is 9.31. The predicted molar refractivity (Wildman–Crippen MR) is 207 cm³/mol. The molecule has 2 N–H and O–H groups in total. The molecule has 3 amide bonds. The number of fused-ring (bicyclic) bond motifs is 4. The number of hydrogen-bond acceptors (Lipinski definition) is 6. The quantitative estimate of drug-likeness (QED) is 0.158. The Labute approximate surface area is 318 Å². The van der Waals surface area contributed by atoms with E-state index in [1.165, 1.54) is 0 Å². The molecule has 0 saturated heterocycles. The van der Waals surface area contributed by atoms with Gasteiger partial charge in [0.15, 0.2) is 11.4 Å². The van der Waals surface area contributed by atoms with Gasteiger partial charge in [0.2, 0.25) is 5.91 Å². The molecule has 10 heteroatoms. The van der Waals surface area contributed by atoms with Gasteiger partial charge in [-0.15, -0.1) is 0 Å². The Balaban J connectivity index is 1.02. The monoisotopic (exact) mass is 739 g/mol. The third-order valence-corrected chi connectivity index (χ3v) is 10.9. The summed E-state index contributed by atoms with van der Waals surface area (Å²) in [6, 6.07) is 34.5. The molecule has 0 bridgehead atoms. The zero-order valence-electron chi connectivity index (χ0n) is 29.6. The molecule has 3 heterocycles. The number of amides is 3. The highest BCUT2D eigenvalue weighted by Crippen LogP contribution is 2.47. The molecule has 0 aliphatic carbocycles. The van der Waals surface area contributed by atoms with Crippen molar-refractivity contribution in [1.29, 1.82) is 0 Å². The minimum Gasteiger partial charge on any atom is -0.454 e. The summed E-state index contributed by atoms with van der Waals surface area (Å²) in [5.41, 5.74) is 3.62. The lowest BCUT2D eigenvalue weighted by molar-refractivity contribution is -0.139. The Hall–Kier alpha value is -5.74. The van der Waals surface area contributed by atoms with E-state index in [1.807, 2.05) is 78.9 Å². The number of aliphatic hydroxyl groups is 2. The molecule has 5 aromatic rings. The van der Waals surface area contributed by atoms with Crippen molar-refractivity contribution in [1.82, 2.24) is 4.90 Å². The molecule has 0 radical (unpaired) electrons. The third-order valence-electron chi connectivity index (χ3n) is 10.7. The van der Waals surface area contributed by atoms with Crippen LogP contribution in [0.4, 0.5) is 17.1 Å². The molecule has 0 unspecified atom stereocenters. The van der Waals surface area contributed by atoms with E-state index >= 15 is 0 Å². The highest BCUT2D eigenvalue weighted by molar-refractivity contribution is 6.31. The summed E-state index contributed by atoms with van der Waals surface area (Å²) >= 11 is 6.42. The number of ether oxygens (including phenoxy) is 1. The lowest BCUT2D eigenvalue weighted by atomic mass is 9.83. The summed E-state index contributed by atoms with van der Waals surface area (Å²) in [6.07, 6.45) is 4.01. The maximum Gasteiger partial charge on any atom is 0.266 e. The molecule has 272 valence electrons. The molecule has 3 atom stereocenters. The molecule has 0 spiro atoms. The molecule has 0 aromatic heterocycles. The minimum atomic E-state index is -1.94. The van der Waals surface area contributed by atoms with Crippen LogP contribution in [0.2, 0.25) is 5.02 Å². The fraction of sp³-hybridized carbons (Fsp3) is 0.205. The van der Waals surface area contributed by atoms with Crippen molar-refractivity contribution in [2.24, 2.45) is 5.92 Å². The second-order valence-corrected chi connectivity index (χ2v) is 14.4. The van der Waals surface area contributed by atoms with Gasteiger partial charge in [-0.3, -0.25) is 19.3 Å². The van der Waals surface area contributed by atoms with Crippen LogP contribution in [0.15, 0.2) is 127 Å². The number of hydrogen-bond donors (Lipinski definition) is 2. The first-order valence-corrected chi connectivity index (χ1v) is 18.3. The van der Waals surface area contributed by atoms with Crippen LogP contribution >= 0.6 is 11.6 Å². The number of halogens is 1. The fourth-order valence-electron chi connectivity index (χ4n) is 7.75. The van der Waals surface area contributed by atoms with Crippen LogP contribution in [0.3, 0.4) is 0 Å². The predicted octanol–water partition coefficient (Wildman–Crippen LogP) is 7.69. The average Bonchev–Trinajstić information content (AvgIpc) is 3.31. The summed E-state index contributed by atoms with van der Waals surface area (Å²) in [5, 5.41) is 22.6. The van der Waals surface area contributed by atoms with Crippen molar-refractivity contribution in [3.8, 4) is 11.5 Å². The van der Waals surface area contributed by atoms with E-state index in [-0.39, 0.29) is 37.4 Å². The van der Waals surface area contributed by atoms with Crippen molar-refractivity contribution in [2.75, 3.05) is 16.4 Å². The topological polar surface area (TPSA) is 111 Å². The van der Waals surface area contributed by atoms with E-state index in [0.29, 0.717) is 57.7 Å². The largest absolute Gasteiger partial charge is 0.454 e. The number of anilines is 3. The van der Waals surface area contributed by atoms with Gasteiger partial charge < -0.3 is 24.7 Å². The van der Waals surface area contributed by atoms with Gasteiger partial charge >= 0.3 is 0 Å². The van der Waals surface area contributed by atoms with E-state index in [4.69, 9.17) is 16.3 Å². The first-order chi connectivity index (χ1) is 26.2. The van der Waals surface area contributed by atoms with Gasteiger partial charge in [0, 0.05) is 35.2 Å². The number of benzene rings is 5. The van der Waals surface area contributed by atoms with Crippen molar-refractivity contribution in [3.63, 3.8) is 0 Å². The average molecular weight is 740 g/mol. The third kappa shape index (κ3) is 6.14. The first-order valence-electron chi connectivity index (χ1n) is 17.9. The second-order valence-electron chi connectivity index (χ2n) is 13.9. The number of aliphatic hydroxyl groups excluding tert-OH is 1. The Morgan fingerprint density at radius 3 is 2.39 bits per heavy atom. The molecule has 54 heavy (non-hydrogen) atoms. The van der Waals surface area contributed by atoms with Gasteiger partial charge in [-0.05, 0) is 77.7 Å². The van der Waals surface area contributed by atoms with Gasteiger partial charge in [-0.2, -0.15) is 0 Å². The van der Waals surface area contributed by atoms with Crippen LogP contribution in [0.1, 0.15) is 46.0 Å². The molecule has 3 aliphatic rings. The van der Waals surface area contributed by atoms with Gasteiger partial charge in [0.05, 0.1) is 36.1 Å². The molecule has 9 nitrogen and oxygen atoms in total. The minimum absolute atomic E-state index is 0.0491. The van der Waals surface area contributed by atoms with Crippen molar-refractivity contribution >= 4 is 46.4 Å². The van der Waals surface area contributed by atoms with E-state index in [0.717, 1.165) is 16.7 Å². The lowest BCUT2D eigenvalue weighted by Crippen LogP contribution is -2.46. The maximum absolute atomic E-state index is 14.3.